The Kier molecular flexibility index (Phi) is 14.3. The largest absolute Gasteiger partial charge is 0.379 e. The van der Waals surface area contributed by atoms with Crippen molar-refractivity contribution in [3.05, 3.63) is 0 Å². The molecule has 6 heteroatoms. The Hall–Kier alpha value is -0.360. The maximum Gasteiger partial charge on any atom is 0.246 e. The summed E-state index contributed by atoms with van der Waals surface area (Å²) in [6.45, 7) is 6.82. The first kappa shape index (κ1) is 18.0. The summed E-state index contributed by atoms with van der Waals surface area (Å²) >= 11 is 0. The number of nitrogens with one attached hydrogen (secondary N) is 1. The summed E-state index contributed by atoms with van der Waals surface area (Å²) in [7, 11) is 0. The standard InChI is InChI=1S/C10H22N2O3.ClH/c1-3-14-4-5-15-8-10(13)12-7-9(2)6-11;/h9H,3-8,11H2,1-2H3,(H,12,13);1H. The number of nitrogens with two attached hydrogens (primary N) is 1. The summed E-state index contributed by atoms with van der Waals surface area (Å²) in [5.41, 5.74) is 5.41. The highest BCUT2D eigenvalue weighted by Crippen LogP contribution is 1.87. The van der Waals surface area contributed by atoms with Crippen molar-refractivity contribution in [1.29, 1.82) is 0 Å². The number of carbonyl (C=O) groups excluding carboxylic acids is 1. The van der Waals surface area contributed by atoms with Gasteiger partial charge in [0.25, 0.3) is 0 Å². The molecule has 98 valence electrons. The highest BCUT2D eigenvalue weighted by atomic mass is 35.5. The van der Waals surface area contributed by atoms with Crippen molar-refractivity contribution in [2.24, 2.45) is 11.7 Å². The molecular formula is C10H23ClN2O3. The zero-order valence-corrected chi connectivity index (χ0v) is 10.8. The molecule has 0 aliphatic rings. The number of ether oxygens (including phenoxy) is 2. The Bertz CT molecular complexity index is 170. The van der Waals surface area contributed by atoms with Gasteiger partial charge in [-0.1, -0.05) is 6.92 Å². The van der Waals surface area contributed by atoms with E-state index in [4.69, 9.17) is 15.2 Å². The highest BCUT2D eigenvalue weighted by molar-refractivity contribution is 5.85. The molecule has 0 bridgehead atoms. The smallest absolute Gasteiger partial charge is 0.246 e. The number of amides is 1. The van der Waals surface area contributed by atoms with Gasteiger partial charge in [0.1, 0.15) is 6.61 Å². The molecule has 0 aromatic heterocycles. The van der Waals surface area contributed by atoms with Gasteiger partial charge in [-0.15, -0.1) is 12.4 Å². The molecule has 0 aromatic rings. The molecular weight excluding hydrogens is 232 g/mol. The maximum absolute atomic E-state index is 11.2. The topological polar surface area (TPSA) is 73.6 Å². The normalized spacial score (nSPS) is 11.7. The number of carbonyl (C=O) groups is 1. The molecule has 0 radical (unpaired) electrons. The van der Waals surface area contributed by atoms with E-state index in [-0.39, 0.29) is 24.9 Å². The van der Waals surface area contributed by atoms with E-state index in [9.17, 15) is 4.79 Å². The van der Waals surface area contributed by atoms with Crippen LogP contribution in [-0.4, -0.2) is 45.4 Å². The molecule has 0 saturated carbocycles. The average molecular weight is 255 g/mol. The number of rotatable bonds is 9. The monoisotopic (exact) mass is 254 g/mol. The fourth-order valence-corrected chi connectivity index (χ4v) is 0.849. The van der Waals surface area contributed by atoms with Gasteiger partial charge in [0, 0.05) is 13.2 Å². The summed E-state index contributed by atoms with van der Waals surface area (Å²) < 4.78 is 10.2. The SMILES string of the molecule is CCOCCOCC(=O)NCC(C)CN.Cl. The molecule has 0 spiro atoms. The van der Waals surface area contributed by atoms with Crippen molar-refractivity contribution in [2.45, 2.75) is 13.8 Å². The van der Waals surface area contributed by atoms with Crippen LogP contribution in [0, 0.1) is 5.92 Å². The van der Waals surface area contributed by atoms with Gasteiger partial charge >= 0.3 is 0 Å². The molecule has 0 aliphatic carbocycles. The molecule has 0 aromatic carbocycles. The lowest BCUT2D eigenvalue weighted by atomic mass is 10.2. The summed E-state index contributed by atoms with van der Waals surface area (Å²) in [5, 5.41) is 2.74. The van der Waals surface area contributed by atoms with Gasteiger partial charge in [0.15, 0.2) is 0 Å². The van der Waals surface area contributed by atoms with E-state index in [2.05, 4.69) is 5.32 Å². The van der Waals surface area contributed by atoms with Crippen LogP contribution in [0.25, 0.3) is 0 Å². The lowest BCUT2D eigenvalue weighted by Gasteiger charge is -2.10. The third-order valence-corrected chi connectivity index (χ3v) is 1.86. The molecule has 1 atom stereocenters. The Morgan fingerprint density at radius 1 is 1.38 bits per heavy atom. The second-order valence-corrected chi connectivity index (χ2v) is 3.39. The lowest BCUT2D eigenvalue weighted by molar-refractivity contribution is -0.126. The quantitative estimate of drug-likeness (QED) is 0.576. The lowest BCUT2D eigenvalue weighted by Crippen LogP contribution is -2.34. The minimum atomic E-state index is -0.105. The van der Waals surface area contributed by atoms with Gasteiger partial charge in [-0.3, -0.25) is 4.79 Å². The van der Waals surface area contributed by atoms with Crippen LogP contribution in [0.4, 0.5) is 0 Å². The van der Waals surface area contributed by atoms with E-state index in [0.717, 1.165) is 0 Å². The summed E-state index contributed by atoms with van der Waals surface area (Å²) in [4.78, 5) is 11.2. The first-order valence-corrected chi connectivity index (χ1v) is 5.33. The van der Waals surface area contributed by atoms with Gasteiger partial charge in [-0.05, 0) is 19.4 Å². The zero-order chi connectivity index (χ0) is 11.5. The van der Waals surface area contributed by atoms with E-state index < -0.39 is 0 Å². The van der Waals surface area contributed by atoms with Crippen molar-refractivity contribution in [1.82, 2.24) is 5.32 Å². The van der Waals surface area contributed by atoms with Crippen LogP contribution < -0.4 is 11.1 Å². The first-order valence-electron chi connectivity index (χ1n) is 5.33. The third kappa shape index (κ3) is 11.7. The highest BCUT2D eigenvalue weighted by Gasteiger charge is 2.03. The van der Waals surface area contributed by atoms with Crippen molar-refractivity contribution in [2.75, 3.05) is 39.5 Å². The summed E-state index contributed by atoms with van der Waals surface area (Å²) in [6.07, 6.45) is 0. The Labute approximate surface area is 103 Å². The molecule has 3 N–H and O–H groups in total. The van der Waals surface area contributed by atoms with Crippen molar-refractivity contribution >= 4 is 18.3 Å². The molecule has 0 heterocycles. The second-order valence-electron chi connectivity index (χ2n) is 3.39. The number of hydrogen-bond acceptors (Lipinski definition) is 4. The van der Waals surface area contributed by atoms with Gasteiger partial charge in [-0.2, -0.15) is 0 Å². The molecule has 0 aliphatic heterocycles. The fourth-order valence-electron chi connectivity index (χ4n) is 0.849. The predicted molar refractivity (Wildman–Crippen MR) is 65.8 cm³/mol. The first-order chi connectivity index (χ1) is 7.20. The van der Waals surface area contributed by atoms with Crippen molar-refractivity contribution in [3.8, 4) is 0 Å². The van der Waals surface area contributed by atoms with Crippen LogP contribution in [0.3, 0.4) is 0 Å². The Morgan fingerprint density at radius 3 is 2.56 bits per heavy atom. The summed E-state index contributed by atoms with van der Waals surface area (Å²) in [5.74, 6) is 0.198. The van der Waals surface area contributed by atoms with E-state index in [1.165, 1.54) is 0 Å². The van der Waals surface area contributed by atoms with E-state index in [0.29, 0.717) is 38.8 Å². The van der Waals surface area contributed by atoms with E-state index in [1.54, 1.807) is 0 Å². The van der Waals surface area contributed by atoms with Gasteiger partial charge in [0.05, 0.1) is 13.2 Å². The molecule has 5 nitrogen and oxygen atoms in total. The Morgan fingerprint density at radius 2 is 2.00 bits per heavy atom. The Balaban J connectivity index is 0. The molecule has 16 heavy (non-hydrogen) atoms. The van der Waals surface area contributed by atoms with Crippen LogP contribution >= 0.6 is 12.4 Å². The zero-order valence-electron chi connectivity index (χ0n) is 10.0. The molecule has 0 saturated heterocycles. The summed E-state index contributed by atoms with van der Waals surface area (Å²) in [6, 6.07) is 0. The molecule has 1 unspecified atom stereocenters. The van der Waals surface area contributed by atoms with Crippen molar-refractivity contribution in [3.63, 3.8) is 0 Å². The maximum atomic E-state index is 11.2. The molecule has 1 amide bonds. The van der Waals surface area contributed by atoms with Crippen LogP contribution in [-0.2, 0) is 14.3 Å². The van der Waals surface area contributed by atoms with Gasteiger partial charge < -0.3 is 20.5 Å². The van der Waals surface area contributed by atoms with Gasteiger partial charge in [0.2, 0.25) is 5.91 Å². The molecule has 0 rings (SSSR count). The van der Waals surface area contributed by atoms with Crippen LogP contribution in [0.15, 0.2) is 0 Å². The number of halogens is 1. The fraction of sp³-hybridized carbons (Fsp3) is 0.900. The van der Waals surface area contributed by atoms with Gasteiger partial charge in [-0.25, -0.2) is 0 Å². The van der Waals surface area contributed by atoms with Crippen molar-refractivity contribution < 1.29 is 14.3 Å². The van der Waals surface area contributed by atoms with Crippen LogP contribution in [0.5, 0.6) is 0 Å². The minimum Gasteiger partial charge on any atom is -0.379 e. The third-order valence-electron chi connectivity index (χ3n) is 1.86. The van der Waals surface area contributed by atoms with E-state index >= 15 is 0 Å². The second kappa shape index (κ2) is 12.7. The van der Waals surface area contributed by atoms with Crippen LogP contribution in [0.1, 0.15) is 13.8 Å². The minimum absolute atomic E-state index is 0. The average Bonchev–Trinajstić information content (AvgIpc) is 2.25. The van der Waals surface area contributed by atoms with E-state index in [1.807, 2.05) is 13.8 Å². The number of hydrogen-bond donors (Lipinski definition) is 2. The molecule has 0 fully saturated rings. The van der Waals surface area contributed by atoms with Crippen LogP contribution in [0.2, 0.25) is 0 Å². The predicted octanol–water partition coefficient (Wildman–Crippen LogP) is 0.172.